The Labute approximate surface area is 116 Å². The van der Waals surface area contributed by atoms with Gasteiger partial charge in [-0.05, 0) is 38.5 Å². The minimum absolute atomic E-state index is 0.358. The van der Waals surface area contributed by atoms with Crippen LogP contribution in [0.15, 0.2) is 24.3 Å². The molecule has 0 radical (unpaired) electrons. The van der Waals surface area contributed by atoms with Gasteiger partial charge < -0.3 is 15.2 Å². The maximum Gasteiger partial charge on any atom is 0.408 e. The molecule has 1 atom stereocenters. The van der Waals surface area contributed by atoms with E-state index in [4.69, 9.17) is 9.84 Å². The fraction of sp³-hybridized carbons (Fsp3) is 0.429. The van der Waals surface area contributed by atoms with Gasteiger partial charge in [0.25, 0.3) is 0 Å². The molecule has 1 aromatic carbocycles. The number of carbonyl (C=O) groups is 2. The second-order valence-electron chi connectivity index (χ2n) is 5.35. The smallest absolute Gasteiger partial charge is 0.408 e. The lowest BCUT2D eigenvalue weighted by atomic mass is 10.0. The van der Waals surface area contributed by atoms with Gasteiger partial charge in [0.2, 0.25) is 0 Å². The van der Waals surface area contributed by atoms with Crippen molar-refractivity contribution >= 4 is 12.1 Å². The van der Waals surface area contributed by atoms with Gasteiger partial charge in [0.1, 0.15) is 11.4 Å². The molecule has 110 valence electrons. The first-order valence-electron chi connectivity index (χ1n) is 6.14. The van der Waals surface area contributed by atoms with E-state index in [2.05, 4.69) is 5.32 Å². The van der Waals surface area contributed by atoms with Crippen molar-refractivity contribution in [1.82, 2.24) is 5.32 Å². The van der Waals surface area contributed by atoms with Crippen LogP contribution in [0.25, 0.3) is 0 Å². The second kappa shape index (κ2) is 6.36. The Morgan fingerprint density at radius 1 is 1.40 bits per heavy atom. The van der Waals surface area contributed by atoms with Gasteiger partial charge in [-0.3, -0.25) is 4.79 Å². The normalized spacial score (nSPS) is 12.6. The summed E-state index contributed by atoms with van der Waals surface area (Å²) in [5, 5.41) is 11.3. The highest BCUT2D eigenvalue weighted by atomic mass is 19.1. The van der Waals surface area contributed by atoms with Gasteiger partial charge in [-0.1, -0.05) is 12.1 Å². The van der Waals surface area contributed by atoms with E-state index in [9.17, 15) is 14.0 Å². The van der Waals surface area contributed by atoms with E-state index in [1.165, 1.54) is 18.2 Å². The number of carboxylic acids is 1. The molecule has 0 aliphatic carbocycles. The summed E-state index contributed by atoms with van der Waals surface area (Å²) in [7, 11) is 0. The molecule has 2 N–H and O–H groups in total. The monoisotopic (exact) mass is 283 g/mol. The molecule has 5 nitrogen and oxygen atoms in total. The van der Waals surface area contributed by atoms with Crippen molar-refractivity contribution in [3.05, 3.63) is 35.6 Å². The molecule has 1 rings (SSSR count). The summed E-state index contributed by atoms with van der Waals surface area (Å²) in [6.07, 6.45) is -1.10. The van der Waals surface area contributed by atoms with Crippen LogP contribution in [0.5, 0.6) is 0 Å². The maximum absolute atomic E-state index is 13.2. The summed E-state index contributed by atoms with van der Waals surface area (Å²) in [6, 6.07) is 4.59. The predicted octanol–water partition coefficient (Wildman–Crippen LogP) is 2.87. The van der Waals surface area contributed by atoms with Gasteiger partial charge >= 0.3 is 12.1 Å². The number of hydrogen-bond donors (Lipinski definition) is 2. The lowest BCUT2D eigenvalue weighted by molar-refractivity contribution is -0.137. The molecule has 0 saturated carbocycles. The number of rotatable bonds is 4. The third kappa shape index (κ3) is 5.69. The van der Waals surface area contributed by atoms with Crippen LogP contribution in [0.2, 0.25) is 0 Å². The van der Waals surface area contributed by atoms with Crippen molar-refractivity contribution in [3.8, 4) is 0 Å². The third-order valence-corrected chi connectivity index (χ3v) is 2.32. The van der Waals surface area contributed by atoms with E-state index in [1.807, 2.05) is 0 Å². The number of carbonyl (C=O) groups excluding carboxylic acids is 1. The third-order valence-electron chi connectivity index (χ3n) is 2.32. The zero-order valence-corrected chi connectivity index (χ0v) is 11.6. The van der Waals surface area contributed by atoms with Crippen LogP contribution in [0.4, 0.5) is 9.18 Å². The molecule has 0 aromatic heterocycles. The van der Waals surface area contributed by atoms with E-state index in [-0.39, 0.29) is 6.42 Å². The SMILES string of the molecule is CC(C)(C)OC(=O)N[C@@H](CC(=O)O)c1cccc(F)c1. The van der Waals surface area contributed by atoms with Crippen LogP contribution in [-0.4, -0.2) is 22.8 Å². The van der Waals surface area contributed by atoms with Gasteiger partial charge in [0, 0.05) is 0 Å². The van der Waals surface area contributed by atoms with Crippen molar-refractivity contribution in [3.63, 3.8) is 0 Å². The fourth-order valence-electron chi connectivity index (χ4n) is 1.60. The second-order valence-corrected chi connectivity index (χ2v) is 5.35. The van der Waals surface area contributed by atoms with E-state index in [1.54, 1.807) is 26.8 Å². The van der Waals surface area contributed by atoms with Crippen molar-refractivity contribution in [2.24, 2.45) is 0 Å². The number of ether oxygens (including phenoxy) is 1. The zero-order valence-electron chi connectivity index (χ0n) is 11.6. The van der Waals surface area contributed by atoms with E-state index < -0.39 is 29.5 Å². The summed E-state index contributed by atoms with van der Waals surface area (Å²) in [5.74, 6) is -1.60. The molecule has 0 aliphatic heterocycles. The van der Waals surface area contributed by atoms with Gasteiger partial charge in [-0.15, -0.1) is 0 Å². The van der Waals surface area contributed by atoms with Gasteiger partial charge in [0.15, 0.2) is 0 Å². The van der Waals surface area contributed by atoms with E-state index in [0.717, 1.165) is 0 Å². The highest BCUT2D eigenvalue weighted by Crippen LogP contribution is 2.19. The number of halogens is 1. The van der Waals surface area contributed by atoms with Crippen molar-refractivity contribution in [1.29, 1.82) is 0 Å². The quantitative estimate of drug-likeness (QED) is 0.891. The van der Waals surface area contributed by atoms with Crippen LogP contribution in [0.1, 0.15) is 38.8 Å². The molecule has 1 amide bonds. The summed E-state index contributed by atoms with van der Waals surface area (Å²) in [6.45, 7) is 5.09. The van der Waals surface area contributed by atoms with E-state index >= 15 is 0 Å². The minimum Gasteiger partial charge on any atom is -0.481 e. The van der Waals surface area contributed by atoms with Crippen LogP contribution < -0.4 is 5.32 Å². The Kier molecular flexibility index (Phi) is 5.07. The van der Waals surface area contributed by atoms with Gasteiger partial charge in [-0.25, -0.2) is 9.18 Å². The maximum atomic E-state index is 13.2. The summed E-state index contributed by atoms with van der Waals surface area (Å²) in [4.78, 5) is 22.5. The minimum atomic E-state index is -1.10. The molecule has 0 spiro atoms. The number of benzene rings is 1. The molecular formula is C14H18FNO4. The largest absolute Gasteiger partial charge is 0.481 e. The number of aliphatic carboxylic acids is 1. The number of hydrogen-bond acceptors (Lipinski definition) is 3. The highest BCUT2D eigenvalue weighted by molar-refractivity contribution is 5.72. The van der Waals surface area contributed by atoms with Crippen molar-refractivity contribution < 1.29 is 23.8 Å². The van der Waals surface area contributed by atoms with Gasteiger partial charge in [-0.2, -0.15) is 0 Å². The first-order valence-corrected chi connectivity index (χ1v) is 6.14. The molecule has 6 heteroatoms. The fourth-order valence-corrected chi connectivity index (χ4v) is 1.60. The summed E-state index contributed by atoms with van der Waals surface area (Å²) < 4.78 is 18.2. The van der Waals surface area contributed by atoms with Crippen molar-refractivity contribution in [2.75, 3.05) is 0 Å². The predicted molar refractivity (Wildman–Crippen MR) is 70.8 cm³/mol. The average Bonchev–Trinajstić information content (AvgIpc) is 2.24. The zero-order chi connectivity index (χ0) is 15.3. The van der Waals surface area contributed by atoms with E-state index in [0.29, 0.717) is 5.56 Å². The van der Waals surface area contributed by atoms with Crippen LogP contribution in [-0.2, 0) is 9.53 Å². The molecule has 1 aromatic rings. The number of alkyl carbamates (subject to hydrolysis) is 1. The molecule has 0 saturated heterocycles. The standard InChI is InChI=1S/C14H18FNO4/c1-14(2,3)20-13(19)16-11(8-12(17)18)9-5-4-6-10(15)7-9/h4-7,11H,8H2,1-3H3,(H,16,19)(H,17,18)/t11-/m0/s1. The molecule has 0 unspecified atom stereocenters. The molecule has 20 heavy (non-hydrogen) atoms. The Balaban J connectivity index is 2.85. The van der Waals surface area contributed by atoms with Crippen LogP contribution in [0, 0.1) is 5.82 Å². The Morgan fingerprint density at radius 2 is 2.05 bits per heavy atom. The number of carboxylic acid groups (broad SMARTS) is 1. The summed E-state index contributed by atoms with van der Waals surface area (Å²) >= 11 is 0. The average molecular weight is 283 g/mol. The molecular weight excluding hydrogens is 265 g/mol. The first kappa shape index (κ1) is 15.9. The number of amides is 1. The molecule has 0 fully saturated rings. The Bertz CT molecular complexity index is 496. The van der Waals surface area contributed by atoms with Gasteiger partial charge in [0.05, 0.1) is 12.5 Å². The van der Waals surface area contributed by atoms with Crippen LogP contribution >= 0.6 is 0 Å². The lowest BCUT2D eigenvalue weighted by Crippen LogP contribution is -2.35. The molecule has 0 bridgehead atoms. The highest BCUT2D eigenvalue weighted by Gasteiger charge is 2.22. The molecule has 0 heterocycles. The Hall–Kier alpha value is -2.11. The molecule has 0 aliphatic rings. The van der Waals surface area contributed by atoms with Crippen molar-refractivity contribution in [2.45, 2.75) is 38.8 Å². The lowest BCUT2D eigenvalue weighted by Gasteiger charge is -2.23. The topological polar surface area (TPSA) is 75.6 Å². The Morgan fingerprint density at radius 3 is 2.55 bits per heavy atom. The number of nitrogens with one attached hydrogen (secondary N) is 1. The first-order chi connectivity index (χ1) is 9.17. The summed E-state index contributed by atoms with van der Waals surface area (Å²) in [5.41, 5.74) is -0.321. The van der Waals surface area contributed by atoms with Crippen LogP contribution in [0.3, 0.4) is 0 Å².